The quantitative estimate of drug-likeness (QED) is 0.700. The third-order valence-corrected chi connectivity index (χ3v) is 3.99. The van der Waals surface area contributed by atoms with Crippen LogP contribution in [0.3, 0.4) is 0 Å². The van der Waals surface area contributed by atoms with Crippen molar-refractivity contribution in [3.63, 3.8) is 0 Å². The SMILES string of the molecule is Cc1cc(C)n2nc(C(=O)N(C)CCOc3ccccc3Cl)nc2n1. The first-order valence-electron chi connectivity index (χ1n) is 7.79. The molecule has 3 rings (SSSR count). The Morgan fingerprint density at radius 1 is 1.28 bits per heavy atom. The number of benzene rings is 1. The van der Waals surface area contributed by atoms with E-state index < -0.39 is 0 Å². The molecule has 1 amide bonds. The van der Waals surface area contributed by atoms with Gasteiger partial charge in [-0.3, -0.25) is 4.79 Å². The molecule has 2 aromatic heterocycles. The number of carbonyl (C=O) groups is 1. The summed E-state index contributed by atoms with van der Waals surface area (Å²) < 4.78 is 7.17. The first-order valence-corrected chi connectivity index (χ1v) is 8.17. The van der Waals surface area contributed by atoms with Gasteiger partial charge in [-0.05, 0) is 32.0 Å². The van der Waals surface area contributed by atoms with Gasteiger partial charge in [-0.15, -0.1) is 5.10 Å². The summed E-state index contributed by atoms with van der Waals surface area (Å²) in [6, 6.07) is 9.09. The summed E-state index contributed by atoms with van der Waals surface area (Å²) in [5.41, 5.74) is 1.71. The monoisotopic (exact) mass is 359 g/mol. The van der Waals surface area contributed by atoms with E-state index in [2.05, 4.69) is 15.1 Å². The molecule has 7 nitrogen and oxygen atoms in total. The molecular formula is C17H18ClN5O2. The molecule has 0 unspecified atom stereocenters. The zero-order chi connectivity index (χ0) is 18.0. The van der Waals surface area contributed by atoms with Gasteiger partial charge >= 0.3 is 0 Å². The lowest BCUT2D eigenvalue weighted by molar-refractivity contribution is 0.0762. The van der Waals surface area contributed by atoms with E-state index in [1.165, 1.54) is 4.90 Å². The smallest absolute Gasteiger partial charge is 0.293 e. The van der Waals surface area contributed by atoms with E-state index in [9.17, 15) is 4.79 Å². The highest BCUT2D eigenvalue weighted by Crippen LogP contribution is 2.22. The van der Waals surface area contributed by atoms with Gasteiger partial charge in [0.25, 0.3) is 11.7 Å². The van der Waals surface area contributed by atoms with E-state index in [4.69, 9.17) is 16.3 Å². The molecule has 3 aromatic rings. The predicted molar refractivity (Wildman–Crippen MR) is 94.2 cm³/mol. The van der Waals surface area contributed by atoms with Crippen molar-refractivity contribution in [2.45, 2.75) is 13.8 Å². The number of amides is 1. The Morgan fingerprint density at radius 2 is 2.04 bits per heavy atom. The van der Waals surface area contributed by atoms with Crippen LogP contribution in [0.4, 0.5) is 0 Å². The van der Waals surface area contributed by atoms with Crippen LogP contribution in [0.2, 0.25) is 5.02 Å². The fourth-order valence-corrected chi connectivity index (χ4v) is 2.57. The molecule has 0 saturated carbocycles. The normalized spacial score (nSPS) is 10.9. The van der Waals surface area contributed by atoms with Crippen LogP contribution in [0.1, 0.15) is 22.0 Å². The number of halogens is 1. The van der Waals surface area contributed by atoms with Crippen molar-refractivity contribution in [3.8, 4) is 5.75 Å². The molecule has 0 radical (unpaired) electrons. The van der Waals surface area contributed by atoms with Crippen LogP contribution >= 0.6 is 11.6 Å². The first kappa shape index (κ1) is 17.2. The zero-order valence-corrected chi connectivity index (χ0v) is 15.0. The molecule has 0 fully saturated rings. The topological polar surface area (TPSA) is 72.6 Å². The summed E-state index contributed by atoms with van der Waals surface area (Å²) in [4.78, 5) is 22.5. The summed E-state index contributed by atoms with van der Waals surface area (Å²) in [6.07, 6.45) is 0. The highest BCUT2D eigenvalue weighted by Gasteiger charge is 2.19. The summed E-state index contributed by atoms with van der Waals surface area (Å²) in [6.45, 7) is 4.47. The molecule has 0 saturated heterocycles. The lowest BCUT2D eigenvalue weighted by Gasteiger charge is -2.16. The molecule has 25 heavy (non-hydrogen) atoms. The average Bonchev–Trinajstić information content (AvgIpc) is 3.00. The molecule has 0 aliphatic heterocycles. The van der Waals surface area contributed by atoms with Crippen molar-refractivity contribution in [3.05, 3.63) is 52.6 Å². The van der Waals surface area contributed by atoms with E-state index in [1.807, 2.05) is 32.0 Å². The minimum Gasteiger partial charge on any atom is -0.490 e. The van der Waals surface area contributed by atoms with Crippen molar-refractivity contribution in [1.82, 2.24) is 24.5 Å². The summed E-state index contributed by atoms with van der Waals surface area (Å²) in [7, 11) is 1.68. The lowest BCUT2D eigenvalue weighted by Crippen LogP contribution is -2.31. The molecule has 0 aliphatic carbocycles. The van der Waals surface area contributed by atoms with Gasteiger partial charge in [0.15, 0.2) is 0 Å². The molecule has 130 valence electrons. The van der Waals surface area contributed by atoms with Crippen LogP contribution in [-0.2, 0) is 0 Å². The number of rotatable bonds is 5. The van der Waals surface area contributed by atoms with Gasteiger partial charge in [0.05, 0.1) is 11.6 Å². The van der Waals surface area contributed by atoms with Crippen LogP contribution in [0.5, 0.6) is 5.75 Å². The van der Waals surface area contributed by atoms with Gasteiger partial charge in [0.1, 0.15) is 12.4 Å². The van der Waals surface area contributed by atoms with Crippen molar-refractivity contribution >= 4 is 23.3 Å². The number of carbonyl (C=O) groups excluding carboxylic acids is 1. The maximum atomic E-state index is 12.5. The Bertz CT molecular complexity index is 925. The van der Waals surface area contributed by atoms with Gasteiger partial charge in [0.2, 0.25) is 5.82 Å². The van der Waals surface area contributed by atoms with E-state index in [-0.39, 0.29) is 11.7 Å². The number of hydrogen-bond acceptors (Lipinski definition) is 5. The second-order valence-corrected chi connectivity index (χ2v) is 6.10. The number of hydrogen-bond donors (Lipinski definition) is 0. The molecule has 1 aromatic carbocycles. The predicted octanol–water partition coefficient (Wildman–Crippen LogP) is 2.55. The number of aromatic nitrogens is 4. The number of para-hydroxylation sites is 1. The number of fused-ring (bicyclic) bond motifs is 1. The van der Waals surface area contributed by atoms with E-state index in [0.29, 0.717) is 29.7 Å². The molecular weight excluding hydrogens is 342 g/mol. The Balaban J connectivity index is 1.66. The number of likely N-dealkylation sites (N-methyl/N-ethyl adjacent to an activating group) is 1. The molecule has 0 atom stereocenters. The third-order valence-electron chi connectivity index (χ3n) is 3.68. The Kier molecular flexibility index (Phi) is 4.85. The van der Waals surface area contributed by atoms with Crippen molar-refractivity contribution in [1.29, 1.82) is 0 Å². The van der Waals surface area contributed by atoms with Gasteiger partial charge in [-0.1, -0.05) is 23.7 Å². The second kappa shape index (κ2) is 7.06. The molecule has 0 N–H and O–H groups in total. The standard InChI is InChI=1S/C17H18ClN5O2/c1-11-10-12(2)23-17(19-11)20-15(21-23)16(24)22(3)8-9-25-14-7-5-4-6-13(14)18/h4-7,10H,8-9H2,1-3H3. The number of ether oxygens (including phenoxy) is 1. The first-order chi connectivity index (χ1) is 12.0. The van der Waals surface area contributed by atoms with Gasteiger partial charge in [-0.25, -0.2) is 9.50 Å². The Labute approximate surface area is 150 Å². The second-order valence-electron chi connectivity index (χ2n) is 5.69. The van der Waals surface area contributed by atoms with Crippen molar-refractivity contribution < 1.29 is 9.53 Å². The van der Waals surface area contributed by atoms with Crippen LogP contribution < -0.4 is 4.74 Å². The largest absolute Gasteiger partial charge is 0.490 e. The highest BCUT2D eigenvalue weighted by molar-refractivity contribution is 6.32. The van der Waals surface area contributed by atoms with Crippen molar-refractivity contribution in [2.24, 2.45) is 0 Å². The zero-order valence-electron chi connectivity index (χ0n) is 14.2. The Morgan fingerprint density at radius 3 is 2.80 bits per heavy atom. The minimum atomic E-state index is -0.287. The Hall–Kier alpha value is -2.67. The van der Waals surface area contributed by atoms with Gasteiger partial charge in [-0.2, -0.15) is 4.98 Å². The maximum absolute atomic E-state index is 12.5. The van der Waals surface area contributed by atoms with Crippen molar-refractivity contribution in [2.75, 3.05) is 20.2 Å². The maximum Gasteiger partial charge on any atom is 0.293 e. The van der Waals surface area contributed by atoms with E-state index in [1.54, 1.807) is 23.7 Å². The lowest BCUT2D eigenvalue weighted by atomic mass is 10.3. The number of aryl methyl sites for hydroxylation is 2. The van der Waals surface area contributed by atoms with Gasteiger partial charge < -0.3 is 9.64 Å². The number of nitrogens with zero attached hydrogens (tertiary/aromatic N) is 5. The van der Waals surface area contributed by atoms with Crippen LogP contribution in [0.15, 0.2) is 30.3 Å². The molecule has 0 aliphatic rings. The molecule has 8 heteroatoms. The van der Waals surface area contributed by atoms with Gasteiger partial charge in [0, 0.05) is 18.4 Å². The summed E-state index contributed by atoms with van der Waals surface area (Å²) in [5.74, 6) is 0.833. The third kappa shape index (κ3) is 3.71. The average molecular weight is 360 g/mol. The summed E-state index contributed by atoms with van der Waals surface area (Å²) in [5, 5.41) is 4.78. The summed E-state index contributed by atoms with van der Waals surface area (Å²) >= 11 is 6.04. The van der Waals surface area contributed by atoms with Crippen LogP contribution in [0, 0.1) is 13.8 Å². The molecule has 0 bridgehead atoms. The fourth-order valence-electron chi connectivity index (χ4n) is 2.38. The van der Waals surface area contributed by atoms with E-state index in [0.717, 1.165) is 11.4 Å². The van der Waals surface area contributed by atoms with E-state index >= 15 is 0 Å². The minimum absolute atomic E-state index is 0.112. The molecule has 0 spiro atoms. The molecule has 2 heterocycles. The fraction of sp³-hybridized carbons (Fsp3) is 0.294. The van der Waals surface area contributed by atoms with Crippen LogP contribution in [-0.4, -0.2) is 50.6 Å². The highest BCUT2D eigenvalue weighted by atomic mass is 35.5. The van der Waals surface area contributed by atoms with Crippen LogP contribution in [0.25, 0.3) is 5.78 Å².